The number of carbonyl (C=O) groups excluding carboxylic acids is 1. The van der Waals surface area contributed by atoms with Crippen molar-refractivity contribution < 1.29 is 14.3 Å². The number of rotatable bonds is 3. The first-order chi connectivity index (χ1) is 5.79. The third-order valence-corrected chi connectivity index (χ3v) is 2.13. The van der Waals surface area contributed by atoms with Crippen molar-refractivity contribution in [2.75, 3.05) is 27.5 Å². The van der Waals surface area contributed by atoms with Crippen molar-refractivity contribution in [3.05, 3.63) is 0 Å². The van der Waals surface area contributed by atoms with Crippen LogP contribution in [0.5, 0.6) is 0 Å². The van der Waals surface area contributed by atoms with Crippen LogP contribution in [0.1, 0.15) is 12.8 Å². The van der Waals surface area contributed by atoms with Crippen LogP contribution in [-0.2, 0) is 14.3 Å². The average Bonchev–Trinajstić information content (AvgIpc) is 2.52. The van der Waals surface area contributed by atoms with Crippen LogP contribution in [0.4, 0.5) is 0 Å². The third-order valence-electron chi connectivity index (χ3n) is 2.13. The smallest absolute Gasteiger partial charge is 0.323 e. The van der Waals surface area contributed by atoms with E-state index < -0.39 is 0 Å². The second-order valence-corrected chi connectivity index (χ2v) is 2.91. The van der Waals surface area contributed by atoms with E-state index in [0.29, 0.717) is 6.73 Å². The van der Waals surface area contributed by atoms with Crippen molar-refractivity contribution in [1.82, 2.24) is 4.90 Å². The number of methoxy groups -OCH3 is 2. The average molecular weight is 173 g/mol. The molecule has 1 aliphatic heterocycles. The number of carbonyl (C=O) groups is 1. The molecule has 0 aliphatic carbocycles. The Labute approximate surface area is 72.4 Å². The van der Waals surface area contributed by atoms with Gasteiger partial charge >= 0.3 is 5.97 Å². The summed E-state index contributed by atoms with van der Waals surface area (Å²) in [6.07, 6.45) is 1.93. The Balaban J connectivity index is 2.45. The molecule has 4 heteroatoms. The number of likely N-dealkylation sites (tertiary alicyclic amines) is 1. The van der Waals surface area contributed by atoms with Crippen LogP contribution >= 0.6 is 0 Å². The van der Waals surface area contributed by atoms with E-state index in [1.54, 1.807) is 7.11 Å². The molecular weight excluding hydrogens is 158 g/mol. The molecule has 0 saturated carbocycles. The Hall–Kier alpha value is -0.610. The van der Waals surface area contributed by atoms with Crippen molar-refractivity contribution in [1.29, 1.82) is 0 Å². The van der Waals surface area contributed by atoms with Gasteiger partial charge in [0.2, 0.25) is 0 Å². The first kappa shape index (κ1) is 9.48. The Morgan fingerprint density at radius 1 is 1.58 bits per heavy atom. The van der Waals surface area contributed by atoms with Gasteiger partial charge in [0.15, 0.2) is 0 Å². The first-order valence-corrected chi connectivity index (χ1v) is 4.10. The molecule has 1 atom stereocenters. The van der Waals surface area contributed by atoms with Gasteiger partial charge in [-0.25, -0.2) is 0 Å². The monoisotopic (exact) mass is 173 g/mol. The fourth-order valence-corrected chi connectivity index (χ4v) is 1.55. The molecule has 0 radical (unpaired) electrons. The Morgan fingerprint density at radius 2 is 2.33 bits per heavy atom. The lowest BCUT2D eigenvalue weighted by molar-refractivity contribution is -0.147. The zero-order chi connectivity index (χ0) is 8.97. The fourth-order valence-electron chi connectivity index (χ4n) is 1.55. The quantitative estimate of drug-likeness (QED) is 0.573. The topological polar surface area (TPSA) is 38.8 Å². The van der Waals surface area contributed by atoms with E-state index in [4.69, 9.17) is 4.74 Å². The molecular formula is C8H15NO3. The summed E-state index contributed by atoms with van der Waals surface area (Å²) in [6, 6.07) is -0.0880. The van der Waals surface area contributed by atoms with Gasteiger partial charge in [0.05, 0.1) is 13.8 Å². The zero-order valence-corrected chi connectivity index (χ0v) is 7.58. The summed E-state index contributed by atoms with van der Waals surface area (Å²) in [4.78, 5) is 13.2. The zero-order valence-electron chi connectivity index (χ0n) is 7.58. The molecule has 0 amide bonds. The summed E-state index contributed by atoms with van der Waals surface area (Å²) in [6.45, 7) is 1.44. The predicted octanol–water partition coefficient (Wildman–Crippen LogP) is 0.228. The van der Waals surface area contributed by atoms with Crippen LogP contribution in [0, 0.1) is 0 Å². The number of nitrogens with zero attached hydrogens (tertiary/aromatic N) is 1. The van der Waals surface area contributed by atoms with Gasteiger partial charge < -0.3 is 9.47 Å². The minimum Gasteiger partial charge on any atom is -0.468 e. The van der Waals surface area contributed by atoms with Crippen molar-refractivity contribution in [3.8, 4) is 0 Å². The van der Waals surface area contributed by atoms with E-state index in [9.17, 15) is 4.79 Å². The lowest BCUT2D eigenvalue weighted by Gasteiger charge is -2.20. The Bertz CT molecular complexity index is 160. The number of hydrogen-bond donors (Lipinski definition) is 0. The normalized spacial score (nSPS) is 24.3. The Morgan fingerprint density at radius 3 is 2.92 bits per heavy atom. The first-order valence-electron chi connectivity index (χ1n) is 4.10. The van der Waals surface area contributed by atoms with E-state index in [0.717, 1.165) is 19.4 Å². The molecule has 1 rings (SSSR count). The van der Waals surface area contributed by atoms with Crippen molar-refractivity contribution in [2.45, 2.75) is 18.9 Å². The molecule has 1 fully saturated rings. The molecule has 12 heavy (non-hydrogen) atoms. The van der Waals surface area contributed by atoms with Crippen molar-refractivity contribution >= 4 is 5.97 Å². The second kappa shape index (κ2) is 4.42. The maximum absolute atomic E-state index is 11.2. The summed E-state index contributed by atoms with van der Waals surface area (Å²) >= 11 is 0. The maximum Gasteiger partial charge on any atom is 0.323 e. The Kier molecular flexibility index (Phi) is 3.49. The highest BCUT2D eigenvalue weighted by Crippen LogP contribution is 2.17. The highest BCUT2D eigenvalue weighted by atomic mass is 16.5. The minimum absolute atomic E-state index is 0.0880. The van der Waals surface area contributed by atoms with Gasteiger partial charge in [-0.2, -0.15) is 0 Å². The molecule has 70 valence electrons. The molecule has 0 aromatic heterocycles. The van der Waals surface area contributed by atoms with Crippen molar-refractivity contribution in [2.24, 2.45) is 0 Å². The summed E-state index contributed by atoms with van der Waals surface area (Å²) in [5.74, 6) is -0.149. The van der Waals surface area contributed by atoms with E-state index in [1.165, 1.54) is 7.11 Å². The van der Waals surface area contributed by atoms with Crippen LogP contribution in [0.3, 0.4) is 0 Å². The van der Waals surface area contributed by atoms with Gasteiger partial charge in [-0.3, -0.25) is 9.69 Å². The van der Waals surface area contributed by atoms with Crippen LogP contribution < -0.4 is 0 Å². The molecule has 1 saturated heterocycles. The summed E-state index contributed by atoms with van der Waals surface area (Å²) < 4.78 is 9.64. The standard InChI is InChI=1S/C8H15NO3/c1-11-6-9-5-3-4-7(9)8(10)12-2/h7H,3-6H2,1-2H3. The van der Waals surface area contributed by atoms with Gasteiger partial charge in [0.25, 0.3) is 0 Å². The van der Waals surface area contributed by atoms with Gasteiger partial charge in [-0.1, -0.05) is 0 Å². The van der Waals surface area contributed by atoms with Crippen LogP contribution in [0.15, 0.2) is 0 Å². The van der Waals surface area contributed by atoms with E-state index in [2.05, 4.69) is 4.74 Å². The number of ether oxygens (including phenoxy) is 2. The summed E-state index contributed by atoms with van der Waals surface area (Å²) in [5, 5.41) is 0. The van der Waals surface area contributed by atoms with Gasteiger partial charge in [-0.15, -0.1) is 0 Å². The van der Waals surface area contributed by atoms with E-state index >= 15 is 0 Å². The summed E-state index contributed by atoms with van der Waals surface area (Å²) in [7, 11) is 3.05. The second-order valence-electron chi connectivity index (χ2n) is 2.91. The van der Waals surface area contributed by atoms with Gasteiger partial charge in [-0.05, 0) is 12.8 Å². The minimum atomic E-state index is -0.149. The van der Waals surface area contributed by atoms with Crippen LogP contribution in [0.2, 0.25) is 0 Å². The van der Waals surface area contributed by atoms with Crippen molar-refractivity contribution in [3.63, 3.8) is 0 Å². The molecule has 0 aromatic rings. The fraction of sp³-hybridized carbons (Fsp3) is 0.875. The molecule has 4 nitrogen and oxygen atoms in total. The lowest BCUT2D eigenvalue weighted by Crippen LogP contribution is -2.37. The number of esters is 1. The molecule has 0 spiro atoms. The van der Waals surface area contributed by atoms with Crippen LogP contribution in [-0.4, -0.2) is 44.4 Å². The SMILES string of the molecule is COCN1CCCC1C(=O)OC. The summed E-state index contributed by atoms with van der Waals surface area (Å²) in [5.41, 5.74) is 0. The van der Waals surface area contributed by atoms with E-state index in [1.807, 2.05) is 4.90 Å². The maximum atomic E-state index is 11.2. The predicted molar refractivity (Wildman–Crippen MR) is 43.6 cm³/mol. The lowest BCUT2D eigenvalue weighted by atomic mass is 10.2. The highest BCUT2D eigenvalue weighted by Gasteiger charge is 2.30. The largest absolute Gasteiger partial charge is 0.468 e. The van der Waals surface area contributed by atoms with Crippen LogP contribution in [0.25, 0.3) is 0 Å². The molecule has 1 aliphatic rings. The molecule has 1 unspecified atom stereocenters. The van der Waals surface area contributed by atoms with Gasteiger partial charge in [0.1, 0.15) is 6.04 Å². The molecule has 0 aromatic carbocycles. The molecule has 0 N–H and O–H groups in total. The highest BCUT2D eigenvalue weighted by molar-refractivity contribution is 5.75. The van der Waals surface area contributed by atoms with E-state index in [-0.39, 0.29) is 12.0 Å². The molecule has 0 bridgehead atoms. The molecule has 1 heterocycles. The third kappa shape index (κ3) is 1.95. The van der Waals surface area contributed by atoms with Gasteiger partial charge in [0, 0.05) is 13.7 Å². The number of hydrogen-bond acceptors (Lipinski definition) is 4.